The molecule has 0 fully saturated rings. The van der Waals surface area contributed by atoms with E-state index in [4.69, 9.17) is 0 Å². The van der Waals surface area contributed by atoms with E-state index in [9.17, 15) is 10.2 Å². The molecule has 2 N–H and O–H groups in total. The van der Waals surface area contributed by atoms with E-state index < -0.39 is 0 Å². The van der Waals surface area contributed by atoms with Crippen LogP contribution in [0.5, 0.6) is 11.5 Å². The molecule has 0 heterocycles. The number of rotatable bonds is 6. The molecule has 23 heavy (non-hydrogen) atoms. The molecular formula is C21H30O2. The second-order valence-corrected chi connectivity index (χ2v) is 7.08. The summed E-state index contributed by atoms with van der Waals surface area (Å²) in [7, 11) is 0. The van der Waals surface area contributed by atoms with Crippen molar-refractivity contribution in [2.24, 2.45) is 11.8 Å². The summed E-state index contributed by atoms with van der Waals surface area (Å²) >= 11 is 0. The number of aryl methyl sites for hydroxylation is 1. The van der Waals surface area contributed by atoms with Crippen LogP contribution >= 0.6 is 0 Å². The first-order valence-electron chi connectivity index (χ1n) is 8.82. The van der Waals surface area contributed by atoms with E-state index in [1.54, 1.807) is 0 Å². The molecule has 126 valence electrons. The molecule has 1 unspecified atom stereocenters. The molecule has 2 rings (SSSR count). The normalized spacial score (nSPS) is 23.9. The molecule has 0 amide bonds. The third-order valence-corrected chi connectivity index (χ3v) is 4.91. The lowest BCUT2D eigenvalue weighted by Gasteiger charge is -2.32. The minimum Gasteiger partial charge on any atom is -0.508 e. The van der Waals surface area contributed by atoms with Gasteiger partial charge in [0, 0.05) is 17.4 Å². The lowest BCUT2D eigenvalue weighted by Crippen LogP contribution is -2.19. The Morgan fingerprint density at radius 2 is 1.83 bits per heavy atom. The van der Waals surface area contributed by atoms with Crippen molar-refractivity contribution in [3.05, 3.63) is 47.6 Å². The molecule has 0 saturated heterocycles. The lowest BCUT2D eigenvalue weighted by molar-refractivity contribution is 0.385. The summed E-state index contributed by atoms with van der Waals surface area (Å²) in [4.78, 5) is 0. The molecule has 0 bridgehead atoms. The van der Waals surface area contributed by atoms with Crippen LogP contribution in [0.4, 0.5) is 0 Å². The standard InChI is InChI=1S/C21H30O2/c1-5-6-7-8-16-12-19(22)21(20(23)13-16)18-11-15(4)9-10-17(18)14(2)3/h9-10,12-13,15,17-18,22-23H,2,5-8,11H2,1,3-4H3/t15?,17-,18+/m0/s1. The van der Waals surface area contributed by atoms with Gasteiger partial charge in [0.05, 0.1) is 0 Å². The summed E-state index contributed by atoms with van der Waals surface area (Å²) in [6.07, 6.45) is 9.64. The van der Waals surface area contributed by atoms with Gasteiger partial charge in [0.2, 0.25) is 0 Å². The molecular weight excluding hydrogens is 284 g/mol. The molecule has 0 radical (unpaired) electrons. The van der Waals surface area contributed by atoms with E-state index >= 15 is 0 Å². The number of benzene rings is 1. The average Bonchev–Trinajstić information content (AvgIpc) is 2.46. The number of unbranched alkanes of at least 4 members (excludes halogenated alkanes) is 2. The van der Waals surface area contributed by atoms with Crippen LogP contribution in [-0.2, 0) is 6.42 Å². The van der Waals surface area contributed by atoms with E-state index in [0.29, 0.717) is 11.5 Å². The predicted octanol–water partition coefficient (Wildman–Crippen LogP) is 5.70. The fraction of sp³-hybridized carbons (Fsp3) is 0.524. The molecule has 0 saturated carbocycles. The number of hydrogen-bond donors (Lipinski definition) is 2. The quantitative estimate of drug-likeness (QED) is 0.522. The van der Waals surface area contributed by atoms with Crippen molar-refractivity contribution >= 4 is 0 Å². The zero-order chi connectivity index (χ0) is 17.0. The average molecular weight is 314 g/mol. The van der Waals surface area contributed by atoms with Crippen molar-refractivity contribution in [2.45, 2.75) is 58.8 Å². The molecule has 0 spiro atoms. The van der Waals surface area contributed by atoms with E-state index in [1.165, 1.54) is 12.8 Å². The van der Waals surface area contributed by atoms with Crippen LogP contribution in [0, 0.1) is 11.8 Å². The smallest absolute Gasteiger partial charge is 0.123 e. The van der Waals surface area contributed by atoms with Gasteiger partial charge in [-0.1, -0.05) is 51.0 Å². The Morgan fingerprint density at radius 3 is 2.39 bits per heavy atom. The van der Waals surface area contributed by atoms with Gasteiger partial charge in [-0.3, -0.25) is 0 Å². The fourth-order valence-corrected chi connectivity index (χ4v) is 3.66. The Balaban J connectivity index is 2.31. The summed E-state index contributed by atoms with van der Waals surface area (Å²) in [5.74, 6) is 1.18. The van der Waals surface area contributed by atoms with E-state index in [-0.39, 0.29) is 23.3 Å². The van der Waals surface area contributed by atoms with E-state index in [0.717, 1.165) is 30.4 Å². The monoisotopic (exact) mass is 314 g/mol. The highest BCUT2D eigenvalue weighted by molar-refractivity contribution is 5.50. The highest BCUT2D eigenvalue weighted by atomic mass is 16.3. The molecule has 0 aliphatic heterocycles. The third kappa shape index (κ3) is 4.19. The van der Waals surface area contributed by atoms with Crippen LogP contribution in [0.1, 0.15) is 63.5 Å². The van der Waals surface area contributed by atoms with Crippen molar-refractivity contribution in [3.8, 4) is 11.5 Å². The van der Waals surface area contributed by atoms with Crippen LogP contribution in [0.15, 0.2) is 36.4 Å². The third-order valence-electron chi connectivity index (χ3n) is 4.91. The Kier molecular flexibility index (Phi) is 5.92. The Hall–Kier alpha value is -1.70. The molecule has 3 atom stereocenters. The number of aromatic hydroxyl groups is 2. The van der Waals surface area contributed by atoms with Crippen molar-refractivity contribution in [1.29, 1.82) is 0 Å². The zero-order valence-electron chi connectivity index (χ0n) is 14.7. The summed E-state index contributed by atoms with van der Waals surface area (Å²) in [6, 6.07) is 3.67. The van der Waals surface area contributed by atoms with Crippen molar-refractivity contribution in [1.82, 2.24) is 0 Å². The first kappa shape index (κ1) is 17.7. The van der Waals surface area contributed by atoms with Crippen molar-refractivity contribution in [2.75, 3.05) is 0 Å². The van der Waals surface area contributed by atoms with Gasteiger partial charge >= 0.3 is 0 Å². The first-order chi connectivity index (χ1) is 10.9. The van der Waals surface area contributed by atoms with Crippen molar-refractivity contribution < 1.29 is 10.2 Å². The number of phenolic OH excluding ortho intramolecular Hbond substituents is 2. The van der Waals surface area contributed by atoms with Crippen LogP contribution in [0.3, 0.4) is 0 Å². The maximum atomic E-state index is 10.6. The summed E-state index contributed by atoms with van der Waals surface area (Å²) in [6.45, 7) is 10.5. The summed E-state index contributed by atoms with van der Waals surface area (Å²) in [5, 5.41) is 21.1. The summed E-state index contributed by atoms with van der Waals surface area (Å²) < 4.78 is 0. The second-order valence-electron chi connectivity index (χ2n) is 7.08. The SMILES string of the molecule is C=C(C)[C@@H]1C=CC(C)C[C@H]1c1c(O)cc(CCCCC)cc1O. The zero-order valence-corrected chi connectivity index (χ0v) is 14.7. The molecule has 2 heteroatoms. The van der Waals surface area contributed by atoms with Gasteiger partial charge in [0.1, 0.15) is 11.5 Å². The number of phenols is 2. The highest BCUT2D eigenvalue weighted by Crippen LogP contribution is 2.46. The predicted molar refractivity (Wildman–Crippen MR) is 97.0 cm³/mol. The minimum atomic E-state index is 0.0946. The number of hydrogen-bond acceptors (Lipinski definition) is 2. The Bertz CT molecular complexity index is 562. The molecule has 2 nitrogen and oxygen atoms in total. The van der Waals surface area contributed by atoms with Gasteiger partial charge in [-0.25, -0.2) is 0 Å². The van der Waals surface area contributed by atoms with Crippen LogP contribution in [-0.4, -0.2) is 10.2 Å². The van der Waals surface area contributed by atoms with Gasteiger partial charge in [0.15, 0.2) is 0 Å². The number of allylic oxidation sites excluding steroid dienone is 3. The van der Waals surface area contributed by atoms with E-state index in [2.05, 4.69) is 32.6 Å². The second kappa shape index (κ2) is 7.72. The van der Waals surface area contributed by atoms with Gasteiger partial charge in [-0.15, -0.1) is 0 Å². The fourth-order valence-electron chi connectivity index (χ4n) is 3.66. The van der Waals surface area contributed by atoms with Crippen molar-refractivity contribution in [3.63, 3.8) is 0 Å². The summed E-state index contributed by atoms with van der Waals surface area (Å²) in [5.41, 5.74) is 2.78. The lowest BCUT2D eigenvalue weighted by atomic mass is 9.72. The minimum absolute atomic E-state index is 0.0946. The molecule has 1 aromatic rings. The molecule has 0 aromatic heterocycles. The highest BCUT2D eigenvalue weighted by Gasteiger charge is 2.31. The van der Waals surface area contributed by atoms with E-state index in [1.807, 2.05) is 19.1 Å². The maximum absolute atomic E-state index is 10.6. The maximum Gasteiger partial charge on any atom is 0.123 e. The van der Waals surface area contributed by atoms with Crippen LogP contribution < -0.4 is 0 Å². The molecule has 1 aliphatic carbocycles. The Morgan fingerprint density at radius 1 is 1.17 bits per heavy atom. The van der Waals surface area contributed by atoms with Gasteiger partial charge in [0.25, 0.3) is 0 Å². The van der Waals surface area contributed by atoms with Crippen LogP contribution in [0.2, 0.25) is 0 Å². The topological polar surface area (TPSA) is 40.5 Å². The van der Waals surface area contributed by atoms with Gasteiger partial charge in [-0.05, 0) is 49.8 Å². The first-order valence-corrected chi connectivity index (χ1v) is 8.82. The Labute approximate surface area is 140 Å². The van der Waals surface area contributed by atoms with Gasteiger partial charge < -0.3 is 10.2 Å². The van der Waals surface area contributed by atoms with Gasteiger partial charge in [-0.2, -0.15) is 0 Å². The van der Waals surface area contributed by atoms with Crippen LogP contribution in [0.25, 0.3) is 0 Å². The molecule has 1 aliphatic rings. The largest absolute Gasteiger partial charge is 0.508 e. The molecule has 1 aromatic carbocycles.